The number of hydrogen-bond donors (Lipinski definition) is 1. The summed E-state index contributed by atoms with van der Waals surface area (Å²) in [4.78, 5) is 0. The van der Waals surface area contributed by atoms with Gasteiger partial charge in [-0.05, 0) is 25.3 Å². The van der Waals surface area contributed by atoms with Crippen LogP contribution in [0.2, 0.25) is 0 Å². The zero-order valence-electron chi connectivity index (χ0n) is 10.4. The van der Waals surface area contributed by atoms with Crippen LogP contribution in [0.3, 0.4) is 0 Å². The molecule has 0 amide bonds. The summed E-state index contributed by atoms with van der Waals surface area (Å²) in [6, 6.07) is 3.00. The molecule has 3 nitrogen and oxygen atoms in total. The van der Waals surface area contributed by atoms with Crippen molar-refractivity contribution >= 4 is 0 Å². The van der Waals surface area contributed by atoms with Crippen LogP contribution in [0.15, 0.2) is 12.1 Å². The monoisotopic (exact) mass is 283 g/mol. The number of aliphatic hydroxyl groups is 1. The number of nitriles is 1. The van der Waals surface area contributed by atoms with E-state index in [9.17, 15) is 23.5 Å². The van der Waals surface area contributed by atoms with Crippen molar-refractivity contribution in [3.63, 3.8) is 0 Å². The summed E-state index contributed by atoms with van der Waals surface area (Å²) in [6.07, 6.45) is -0.518. The van der Waals surface area contributed by atoms with Crippen molar-refractivity contribution in [3.8, 4) is 6.07 Å². The Labute approximate surface area is 113 Å². The molecule has 2 saturated heterocycles. The van der Waals surface area contributed by atoms with Gasteiger partial charge in [0.25, 0.3) is 0 Å². The van der Waals surface area contributed by atoms with E-state index in [2.05, 4.69) is 0 Å². The van der Waals surface area contributed by atoms with Crippen molar-refractivity contribution in [2.75, 3.05) is 0 Å². The highest BCUT2D eigenvalue weighted by atomic mass is 19.2. The van der Waals surface area contributed by atoms with Gasteiger partial charge in [0.2, 0.25) is 0 Å². The molecule has 6 heteroatoms. The van der Waals surface area contributed by atoms with Crippen LogP contribution in [-0.2, 0) is 4.74 Å². The van der Waals surface area contributed by atoms with Crippen LogP contribution in [-0.4, -0.2) is 17.3 Å². The zero-order valence-corrected chi connectivity index (χ0v) is 10.4. The van der Waals surface area contributed by atoms with Crippen molar-refractivity contribution in [1.82, 2.24) is 0 Å². The molecule has 0 saturated carbocycles. The highest BCUT2D eigenvalue weighted by molar-refractivity contribution is 5.29. The van der Waals surface area contributed by atoms with Gasteiger partial charge in [-0.2, -0.15) is 5.26 Å². The molecule has 4 atom stereocenters. The second-order valence-electron chi connectivity index (χ2n) is 5.37. The Hall–Kier alpha value is -1.58. The first-order valence-corrected chi connectivity index (χ1v) is 6.37. The molecule has 0 aromatic heterocycles. The molecule has 20 heavy (non-hydrogen) atoms. The Morgan fingerprint density at radius 1 is 1.25 bits per heavy atom. The van der Waals surface area contributed by atoms with E-state index in [-0.39, 0.29) is 12.5 Å². The first kappa shape index (κ1) is 13.4. The number of hydrogen-bond acceptors (Lipinski definition) is 3. The molecule has 2 fully saturated rings. The second kappa shape index (κ2) is 4.47. The molecule has 1 N–H and O–H groups in total. The number of nitrogens with zero attached hydrogens (tertiary/aromatic N) is 1. The molecule has 2 aliphatic rings. The Bertz CT molecular complexity index is 601. The smallest absolute Gasteiger partial charge is 0.161 e. The lowest BCUT2D eigenvalue weighted by atomic mass is 9.69. The lowest BCUT2D eigenvalue weighted by molar-refractivity contribution is 0.00149. The fourth-order valence-corrected chi connectivity index (χ4v) is 3.23. The molecule has 2 aliphatic heterocycles. The quantitative estimate of drug-likeness (QED) is 0.849. The predicted octanol–water partition coefficient (Wildman–Crippen LogP) is 2.60. The number of aliphatic hydroxyl groups excluding tert-OH is 1. The molecule has 106 valence electrons. The van der Waals surface area contributed by atoms with E-state index in [1.165, 1.54) is 0 Å². The summed E-state index contributed by atoms with van der Waals surface area (Å²) in [6.45, 7) is 0. The summed E-state index contributed by atoms with van der Waals surface area (Å²) in [7, 11) is 0. The van der Waals surface area contributed by atoms with Gasteiger partial charge >= 0.3 is 0 Å². The summed E-state index contributed by atoms with van der Waals surface area (Å²) in [5.41, 5.74) is -1.70. The van der Waals surface area contributed by atoms with Crippen molar-refractivity contribution < 1.29 is 23.0 Å². The molecular weight excluding hydrogens is 271 g/mol. The highest BCUT2D eigenvalue weighted by Crippen LogP contribution is 2.54. The standard InChI is InChI=1S/C14H12F3NO2/c15-9-4-11(17)10(16)3-8(9)13(19)14(6-18)5-7-1-2-12(14)20-7/h3-4,7,12-13,19H,1-2,5H2. The third kappa shape index (κ3) is 1.74. The molecule has 1 aromatic carbocycles. The van der Waals surface area contributed by atoms with Crippen LogP contribution >= 0.6 is 0 Å². The Morgan fingerprint density at radius 3 is 2.50 bits per heavy atom. The first-order chi connectivity index (χ1) is 9.48. The maximum atomic E-state index is 13.8. The lowest BCUT2D eigenvalue weighted by Gasteiger charge is -2.33. The maximum absolute atomic E-state index is 13.8. The van der Waals surface area contributed by atoms with Gasteiger partial charge in [0, 0.05) is 11.6 Å². The summed E-state index contributed by atoms with van der Waals surface area (Å²) < 4.78 is 45.5. The topological polar surface area (TPSA) is 53.2 Å². The van der Waals surface area contributed by atoms with Gasteiger partial charge in [0.15, 0.2) is 11.6 Å². The third-order valence-corrected chi connectivity index (χ3v) is 4.28. The van der Waals surface area contributed by atoms with Gasteiger partial charge in [-0.1, -0.05) is 0 Å². The van der Waals surface area contributed by atoms with E-state index in [4.69, 9.17) is 4.74 Å². The van der Waals surface area contributed by atoms with E-state index >= 15 is 0 Å². The van der Waals surface area contributed by atoms with Crippen LogP contribution < -0.4 is 0 Å². The van der Waals surface area contributed by atoms with Crippen molar-refractivity contribution in [2.45, 2.75) is 37.6 Å². The zero-order chi connectivity index (χ0) is 14.5. The Kier molecular flexibility index (Phi) is 3.00. The Morgan fingerprint density at radius 2 is 1.95 bits per heavy atom. The van der Waals surface area contributed by atoms with Crippen LogP contribution in [0.25, 0.3) is 0 Å². The number of halogens is 3. The minimum Gasteiger partial charge on any atom is -0.387 e. The number of ether oxygens (including phenoxy) is 1. The van der Waals surface area contributed by atoms with E-state index in [0.717, 1.165) is 6.42 Å². The van der Waals surface area contributed by atoms with Gasteiger partial charge in [-0.15, -0.1) is 0 Å². The van der Waals surface area contributed by atoms with Gasteiger partial charge in [-0.25, -0.2) is 13.2 Å². The molecule has 2 bridgehead atoms. The number of fused-ring (bicyclic) bond motifs is 2. The Balaban J connectivity index is 2.02. The molecule has 2 heterocycles. The van der Waals surface area contributed by atoms with E-state index in [1.807, 2.05) is 6.07 Å². The lowest BCUT2D eigenvalue weighted by Crippen LogP contribution is -2.37. The van der Waals surface area contributed by atoms with Crippen LogP contribution in [0.4, 0.5) is 13.2 Å². The molecule has 4 unspecified atom stereocenters. The summed E-state index contributed by atoms with van der Waals surface area (Å²) in [5, 5.41) is 19.8. The maximum Gasteiger partial charge on any atom is 0.161 e. The van der Waals surface area contributed by atoms with Crippen LogP contribution in [0, 0.1) is 34.2 Å². The average molecular weight is 283 g/mol. The predicted molar refractivity (Wildman–Crippen MR) is 61.8 cm³/mol. The summed E-state index contributed by atoms with van der Waals surface area (Å²) >= 11 is 0. The minimum atomic E-state index is -1.54. The fourth-order valence-electron chi connectivity index (χ4n) is 3.23. The number of benzene rings is 1. The van der Waals surface area contributed by atoms with Crippen molar-refractivity contribution in [1.29, 1.82) is 5.26 Å². The molecular formula is C14H12F3NO2. The molecule has 0 radical (unpaired) electrons. The third-order valence-electron chi connectivity index (χ3n) is 4.28. The first-order valence-electron chi connectivity index (χ1n) is 6.37. The van der Waals surface area contributed by atoms with Gasteiger partial charge in [-0.3, -0.25) is 0 Å². The van der Waals surface area contributed by atoms with E-state index in [1.54, 1.807) is 0 Å². The van der Waals surface area contributed by atoms with Crippen LogP contribution in [0.5, 0.6) is 0 Å². The van der Waals surface area contributed by atoms with Crippen LogP contribution in [0.1, 0.15) is 30.9 Å². The van der Waals surface area contributed by atoms with E-state index < -0.39 is 40.6 Å². The van der Waals surface area contributed by atoms with E-state index in [0.29, 0.717) is 18.6 Å². The van der Waals surface area contributed by atoms with Gasteiger partial charge in [0.1, 0.15) is 17.3 Å². The average Bonchev–Trinajstić information content (AvgIpc) is 3.03. The highest BCUT2D eigenvalue weighted by Gasteiger charge is 2.57. The molecule has 1 aromatic rings. The molecule has 0 aliphatic carbocycles. The van der Waals surface area contributed by atoms with Gasteiger partial charge in [0.05, 0.1) is 18.3 Å². The van der Waals surface area contributed by atoms with Gasteiger partial charge < -0.3 is 9.84 Å². The largest absolute Gasteiger partial charge is 0.387 e. The summed E-state index contributed by atoms with van der Waals surface area (Å²) in [5.74, 6) is -3.64. The molecule has 3 rings (SSSR count). The fraction of sp³-hybridized carbons (Fsp3) is 0.500. The normalized spacial score (nSPS) is 33.1. The SMILES string of the molecule is N#CC1(C(O)c2cc(F)c(F)cc2F)CC2CCC1O2. The van der Waals surface area contributed by atoms with Crippen molar-refractivity contribution in [2.24, 2.45) is 5.41 Å². The minimum absolute atomic E-state index is 0.136. The number of rotatable bonds is 2. The second-order valence-corrected chi connectivity index (χ2v) is 5.37. The molecule has 0 spiro atoms. The van der Waals surface area contributed by atoms with Crippen molar-refractivity contribution in [3.05, 3.63) is 35.1 Å².